The van der Waals surface area contributed by atoms with Gasteiger partial charge in [0, 0.05) is 52.5 Å². The monoisotopic (exact) mass is 597 g/mol. The van der Waals surface area contributed by atoms with Crippen LogP contribution >= 0.6 is 0 Å². The fraction of sp³-hybridized carbons (Fsp3) is 0.355. The molecule has 0 unspecified atom stereocenters. The van der Waals surface area contributed by atoms with Crippen molar-refractivity contribution in [1.82, 2.24) is 39.7 Å². The molecule has 3 aliphatic rings. The minimum absolute atomic E-state index is 0.0382. The summed E-state index contributed by atoms with van der Waals surface area (Å²) in [4.78, 5) is 27.7. The van der Waals surface area contributed by atoms with Crippen LogP contribution in [0.15, 0.2) is 43.0 Å². The molecule has 13 heteroatoms. The molecule has 1 saturated carbocycles. The molecule has 5 aromatic rings. The largest absolute Gasteiger partial charge is 0.494 e. The number of benzene rings is 1. The lowest BCUT2D eigenvalue weighted by molar-refractivity contribution is 0.0557. The maximum absolute atomic E-state index is 14.7. The second-order valence-corrected chi connectivity index (χ2v) is 11.9. The van der Waals surface area contributed by atoms with E-state index in [4.69, 9.17) is 15.5 Å². The maximum atomic E-state index is 14.7. The van der Waals surface area contributed by atoms with E-state index in [1.165, 1.54) is 13.4 Å². The van der Waals surface area contributed by atoms with Gasteiger partial charge in [0.2, 0.25) is 5.82 Å². The molecule has 3 N–H and O–H groups in total. The van der Waals surface area contributed by atoms with Crippen LogP contribution in [0.5, 0.6) is 5.75 Å². The van der Waals surface area contributed by atoms with Gasteiger partial charge in [-0.05, 0) is 56.6 Å². The average Bonchev–Trinajstić information content (AvgIpc) is 3.41. The van der Waals surface area contributed by atoms with Crippen LogP contribution in [-0.4, -0.2) is 64.8 Å². The molecule has 0 spiro atoms. The Morgan fingerprint density at radius 1 is 1.02 bits per heavy atom. The van der Waals surface area contributed by atoms with Gasteiger partial charge in [0.1, 0.15) is 18.0 Å². The summed E-state index contributed by atoms with van der Waals surface area (Å²) in [6.07, 6.45) is 10.3. The highest BCUT2D eigenvalue weighted by Crippen LogP contribution is 2.50. The van der Waals surface area contributed by atoms with Gasteiger partial charge in [-0.15, -0.1) is 10.2 Å². The Morgan fingerprint density at radius 3 is 2.48 bits per heavy atom. The van der Waals surface area contributed by atoms with Crippen molar-refractivity contribution < 1.29 is 18.3 Å². The van der Waals surface area contributed by atoms with Crippen molar-refractivity contribution >= 4 is 17.4 Å². The number of ether oxygens (including phenoxy) is 1. The molecule has 6 heterocycles. The predicted molar refractivity (Wildman–Crippen MR) is 156 cm³/mol. The van der Waals surface area contributed by atoms with Crippen molar-refractivity contribution in [2.75, 3.05) is 12.8 Å². The van der Waals surface area contributed by atoms with E-state index in [0.29, 0.717) is 17.4 Å². The number of amides is 1. The third kappa shape index (κ3) is 4.20. The minimum atomic E-state index is -0.669. The van der Waals surface area contributed by atoms with E-state index in [-0.39, 0.29) is 46.7 Å². The number of carbonyl (C=O) groups is 1. The lowest BCUT2D eigenvalue weighted by Crippen LogP contribution is -2.46. The molecule has 1 aromatic carbocycles. The second kappa shape index (κ2) is 10.1. The third-order valence-corrected chi connectivity index (χ3v) is 9.30. The van der Waals surface area contributed by atoms with Crippen molar-refractivity contribution in [1.29, 1.82) is 0 Å². The molecule has 0 radical (unpaired) electrons. The number of hydrogen-bond acceptors (Lipinski definition) is 8. The van der Waals surface area contributed by atoms with Crippen molar-refractivity contribution in [3.63, 3.8) is 0 Å². The Balaban J connectivity index is 1.15. The molecule has 44 heavy (non-hydrogen) atoms. The van der Waals surface area contributed by atoms with Gasteiger partial charge in [-0.1, -0.05) is 6.07 Å². The molecule has 4 aromatic heterocycles. The Morgan fingerprint density at radius 2 is 1.82 bits per heavy atom. The van der Waals surface area contributed by atoms with Gasteiger partial charge in [0.15, 0.2) is 17.2 Å². The van der Waals surface area contributed by atoms with Gasteiger partial charge in [-0.2, -0.15) is 9.61 Å². The standard InChI is InChI=1S/C31H29F2N9O2/c1-44-25-11-22(32)20(10-23(25)33)24-7-4-16(12-35-24)21-13-38-42-28(34)26(15-2-3-15)27(39-30(21)42)17-8-18-5-6-19(9-17)41(18)31(43)29-36-14-37-40-29/h4,7,10-15,17-19H,2-3,5-6,8-9,34H2,1H3,(H,36,37,40)/t17-,18-,19+. The zero-order valence-corrected chi connectivity index (χ0v) is 23.9. The summed E-state index contributed by atoms with van der Waals surface area (Å²) in [6, 6.07) is 5.71. The third-order valence-electron chi connectivity index (χ3n) is 9.30. The van der Waals surface area contributed by atoms with Crippen molar-refractivity contribution in [2.24, 2.45) is 0 Å². The number of fused-ring (bicyclic) bond motifs is 3. The number of carbonyl (C=O) groups excluding carboxylic acids is 1. The van der Waals surface area contributed by atoms with Crippen molar-refractivity contribution in [3.05, 3.63) is 71.7 Å². The van der Waals surface area contributed by atoms with Gasteiger partial charge in [0.05, 0.1) is 24.7 Å². The van der Waals surface area contributed by atoms with E-state index in [9.17, 15) is 13.6 Å². The Hall–Kier alpha value is -4.94. The minimum Gasteiger partial charge on any atom is -0.494 e. The molecule has 224 valence electrons. The molecule has 2 bridgehead atoms. The first-order valence-electron chi connectivity index (χ1n) is 14.8. The van der Waals surface area contributed by atoms with Gasteiger partial charge in [-0.25, -0.2) is 13.8 Å². The summed E-state index contributed by atoms with van der Waals surface area (Å²) < 4.78 is 35.6. The summed E-state index contributed by atoms with van der Waals surface area (Å²) in [5, 5.41) is 12.3. The van der Waals surface area contributed by atoms with E-state index in [1.807, 2.05) is 4.90 Å². The molecular formula is C31H29F2N9O2. The summed E-state index contributed by atoms with van der Waals surface area (Å²) in [7, 11) is 1.29. The van der Waals surface area contributed by atoms with E-state index >= 15 is 0 Å². The normalized spacial score (nSPS) is 21.2. The SMILES string of the molecule is COc1cc(F)c(-c2ccc(-c3cnn4c(N)c(C5CC5)c([C@@H]5C[C@H]6CC[C@@H](C5)N6C(=O)c5nnc[nH]5)nc34)cn2)cc1F. The van der Waals surface area contributed by atoms with E-state index < -0.39 is 11.6 Å². The van der Waals surface area contributed by atoms with E-state index in [0.717, 1.165) is 73.0 Å². The fourth-order valence-corrected chi connectivity index (χ4v) is 7.11. The van der Waals surface area contributed by atoms with Crippen LogP contribution < -0.4 is 10.5 Å². The number of methoxy groups -OCH3 is 1. The highest BCUT2D eigenvalue weighted by atomic mass is 19.1. The van der Waals surface area contributed by atoms with Gasteiger partial charge >= 0.3 is 0 Å². The summed E-state index contributed by atoms with van der Waals surface area (Å²) >= 11 is 0. The Kier molecular flexibility index (Phi) is 6.10. The molecule has 3 fully saturated rings. The smallest absolute Gasteiger partial charge is 0.292 e. The summed E-state index contributed by atoms with van der Waals surface area (Å²) in [5.74, 6) is -0.221. The number of nitrogen functional groups attached to an aromatic ring is 1. The van der Waals surface area contributed by atoms with Crippen LogP contribution in [0.2, 0.25) is 0 Å². The quantitative estimate of drug-likeness (QED) is 0.283. The first kappa shape index (κ1) is 26.7. The molecule has 2 saturated heterocycles. The van der Waals surface area contributed by atoms with Crippen LogP contribution in [0.3, 0.4) is 0 Å². The number of rotatable bonds is 6. The number of hydrogen-bond donors (Lipinski definition) is 2. The second-order valence-electron chi connectivity index (χ2n) is 11.9. The lowest BCUT2D eigenvalue weighted by atomic mass is 9.85. The van der Waals surface area contributed by atoms with E-state index in [1.54, 1.807) is 29.0 Å². The molecule has 3 atom stereocenters. The number of halogens is 2. The topological polar surface area (TPSA) is 140 Å². The van der Waals surface area contributed by atoms with Crippen LogP contribution in [0.1, 0.15) is 72.2 Å². The number of nitrogens with zero attached hydrogens (tertiary/aromatic N) is 7. The first-order chi connectivity index (χ1) is 21.4. The number of piperidine rings is 1. The summed E-state index contributed by atoms with van der Waals surface area (Å²) in [6.45, 7) is 0. The zero-order valence-electron chi connectivity index (χ0n) is 23.9. The fourth-order valence-electron chi connectivity index (χ4n) is 7.11. The molecule has 11 nitrogen and oxygen atoms in total. The van der Waals surface area contributed by atoms with Gasteiger partial charge in [0.25, 0.3) is 5.91 Å². The highest BCUT2D eigenvalue weighted by molar-refractivity contribution is 5.91. The number of aromatic nitrogens is 7. The van der Waals surface area contributed by atoms with Crippen molar-refractivity contribution in [2.45, 2.75) is 62.4 Å². The average molecular weight is 598 g/mol. The van der Waals surface area contributed by atoms with Crippen molar-refractivity contribution in [3.8, 4) is 28.1 Å². The number of aromatic amines is 1. The van der Waals surface area contributed by atoms with Gasteiger partial charge < -0.3 is 20.4 Å². The van der Waals surface area contributed by atoms with Crippen LogP contribution in [0.4, 0.5) is 14.6 Å². The molecule has 1 amide bonds. The number of H-pyrrole nitrogens is 1. The molecule has 1 aliphatic carbocycles. The zero-order chi connectivity index (χ0) is 30.1. The first-order valence-corrected chi connectivity index (χ1v) is 14.8. The lowest BCUT2D eigenvalue weighted by Gasteiger charge is -2.39. The predicted octanol–water partition coefficient (Wildman–Crippen LogP) is 4.87. The number of pyridine rings is 1. The van der Waals surface area contributed by atoms with Crippen LogP contribution in [0, 0.1) is 11.6 Å². The van der Waals surface area contributed by atoms with Crippen LogP contribution in [0.25, 0.3) is 28.0 Å². The van der Waals surface area contributed by atoms with Gasteiger partial charge in [-0.3, -0.25) is 9.78 Å². The molecule has 8 rings (SSSR count). The Labute approximate surface area is 250 Å². The summed E-state index contributed by atoms with van der Waals surface area (Å²) in [5.41, 5.74) is 11.3. The number of anilines is 1. The maximum Gasteiger partial charge on any atom is 0.292 e. The molecule has 2 aliphatic heterocycles. The Bertz CT molecular complexity index is 1890. The molecular weight excluding hydrogens is 568 g/mol. The number of nitrogens with one attached hydrogen (secondary N) is 1. The van der Waals surface area contributed by atoms with E-state index in [2.05, 4.69) is 25.3 Å². The highest BCUT2D eigenvalue weighted by Gasteiger charge is 2.46. The number of nitrogens with two attached hydrogens (primary N) is 1. The van der Waals surface area contributed by atoms with Crippen LogP contribution in [-0.2, 0) is 0 Å².